The molecule has 2 amide bonds. The Hall–Kier alpha value is -2.50. The minimum absolute atomic E-state index is 0.168. The summed E-state index contributed by atoms with van der Waals surface area (Å²) in [5.74, 6) is -3.05. The van der Waals surface area contributed by atoms with Crippen molar-refractivity contribution in [2.75, 3.05) is 13.7 Å². The van der Waals surface area contributed by atoms with Gasteiger partial charge in [-0.15, -0.1) is 0 Å². The van der Waals surface area contributed by atoms with E-state index in [0.29, 0.717) is 17.4 Å². The van der Waals surface area contributed by atoms with Crippen LogP contribution in [0.4, 0.5) is 0 Å². The van der Waals surface area contributed by atoms with Gasteiger partial charge in [-0.3, -0.25) is 19.3 Å². The average Bonchev–Trinajstić information content (AvgIpc) is 2.76. The maximum absolute atomic E-state index is 12.2. The third-order valence-electron chi connectivity index (χ3n) is 3.61. The van der Waals surface area contributed by atoms with E-state index in [4.69, 9.17) is 0 Å². The second kappa shape index (κ2) is 5.87. The van der Waals surface area contributed by atoms with Gasteiger partial charge in [0.15, 0.2) is 0 Å². The lowest BCUT2D eigenvalue weighted by Crippen LogP contribution is -2.40. The molecule has 21 heavy (non-hydrogen) atoms. The largest absolute Gasteiger partial charge is 0.469 e. The summed E-state index contributed by atoms with van der Waals surface area (Å²) in [6.07, 6.45) is 0.611. The fraction of sp³-hybridized carbons (Fsp3) is 0.333. The molecule has 1 aromatic rings. The van der Waals surface area contributed by atoms with Crippen LogP contribution in [0.1, 0.15) is 27.6 Å². The Morgan fingerprint density at radius 2 is 1.76 bits per heavy atom. The number of ether oxygens (including phenoxy) is 1. The molecule has 6 nitrogen and oxygen atoms in total. The Balaban J connectivity index is 2.27. The van der Waals surface area contributed by atoms with Crippen molar-refractivity contribution in [2.24, 2.45) is 11.8 Å². The molecule has 1 heterocycles. The van der Waals surface area contributed by atoms with Crippen LogP contribution in [-0.4, -0.2) is 42.6 Å². The van der Waals surface area contributed by atoms with Crippen molar-refractivity contribution < 1.29 is 23.9 Å². The molecule has 1 aromatic carbocycles. The minimum atomic E-state index is -0.866. The van der Waals surface area contributed by atoms with Crippen LogP contribution in [0.3, 0.4) is 0 Å². The highest BCUT2D eigenvalue weighted by Gasteiger charge is 2.39. The number of benzene rings is 1. The SMILES string of the molecule is COC(=O)C(CN1C(=O)c2ccccc2C1=O)C(C)C=O. The predicted molar refractivity (Wildman–Crippen MR) is 72.5 cm³/mol. The molecule has 0 saturated heterocycles. The fourth-order valence-corrected chi connectivity index (χ4v) is 2.30. The molecular formula is C15H15NO5. The molecule has 2 rings (SSSR count). The normalized spacial score (nSPS) is 16.4. The number of imide groups is 1. The summed E-state index contributed by atoms with van der Waals surface area (Å²) < 4.78 is 4.65. The summed E-state index contributed by atoms with van der Waals surface area (Å²) >= 11 is 0. The second-order valence-corrected chi connectivity index (χ2v) is 4.89. The molecule has 0 N–H and O–H groups in total. The second-order valence-electron chi connectivity index (χ2n) is 4.89. The molecule has 0 radical (unpaired) electrons. The van der Waals surface area contributed by atoms with E-state index in [1.807, 2.05) is 0 Å². The van der Waals surface area contributed by atoms with E-state index in [-0.39, 0.29) is 6.54 Å². The number of nitrogens with zero attached hydrogens (tertiary/aromatic N) is 1. The Labute approximate surface area is 121 Å². The van der Waals surface area contributed by atoms with Crippen molar-refractivity contribution in [1.29, 1.82) is 0 Å². The summed E-state index contributed by atoms with van der Waals surface area (Å²) in [6, 6.07) is 6.45. The zero-order valence-corrected chi connectivity index (χ0v) is 11.7. The van der Waals surface area contributed by atoms with E-state index < -0.39 is 29.6 Å². The molecule has 0 aromatic heterocycles. The van der Waals surface area contributed by atoms with Gasteiger partial charge in [-0.05, 0) is 12.1 Å². The van der Waals surface area contributed by atoms with Crippen LogP contribution < -0.4 is 0 Å². The lowest BCUT2D eigenvalue weighted by molar-refractivity contribution is -0.148. The zero-order chi connectivity index (χ0) is 15.6. The van der Waals surface area contributed by atoms with Gasteiger partial charge in [0.1, 0.15) is 6.29 Å². The molecule has 1 aliphatic heterocycles. The number of carbonyl (C=O) groups excluding carboxylic acids is 4. The summed E-state index contributed by atoms with van der Waals surface area (Å²) in [7, 11) is 1.20. The van der Waals surface area contributed by atoms with Crippen molar-refractivity contribution in [3.05, 3.63) is 35.4 Å². The van der Waals surface area contributed by atoms with Crippen molar-refractivity contribution >= 4 is 24.1 Å². The maximum atomic E-state index is 12.2. The van der Waals surface area contributed by atoms with Crippen molar-refractivity contribution in [2.45, 2.75) is 6.92 Å². The molecule has 2 unspecified atom stereocenters. The van der Waals surface area contributed by atoms with Crippen molar-refractivity contribution in [3.8, 4) is 0 Å². The van der Waals surface area contributed by atoms with Crippen LogP contribution in [-0.2, 0) is 14.3 Å². The van der Waals surface area contributed by atoms with Gasteiger partial charge in [0.2, 0.25) is 0 Å². The lowest BCUT2D eigenvalue weighted by Gasteiger charge is -2.22. The zero-order valence-electron chi connectivity index (χ0n) is 11.7. The number of amides is 2. The summed E-state index contributed by atoms with van der Waals surface area (Å²) in [6.45, 7) is 1.38. The van der Waals surface area contributed by atoms with Gasteiger partial charge >= 0.3 is 5.97 Å². The number of fused-ring (bicyclic) bond motifs is 1. The van der Waals surface area contributed by atoms with Gasteiger partial charge in [0.25, 0.3) is 11.8 Å². The molecule has 0 spiro atoms. The first-order chi connectivity index (χ1) is 10.0. The predicted octanol–water partition coefficient (Wildman–Crippen LogP) is 0.907. The molecule has 0 saturated carbocycles. The lowest BCUT2D eigenvalue weighted by atomic mass is 9.95. The number of aldehydes is 1. The fourth-order valence-electron chi connectivity index (χ4n) is 2.30. The van der Waals surface area contributed by atoms with E-state index >= 15 is 0 Å². The van der Waals surface area contributed by atoms with Gasteiger partial charge in [-0.2, -0.15) is 0 Å². The minimum Gasteiger partial charge on any atom is -0.469 e. The topological polar surface area (TPSA) is 80.8 Å². The summed E-state index contributed by atoms with van der Waals surface area (Å²) in [5, 5.41) is 0. The monoisotopic (exact) mass is 289 g/mol. The van der Waals surface area contributed by atoms with E-state index in [2.05, 4.69) is 4.74 Å². The van der Waals surface area contributed by atoms with Crippen molar-refractivity contribution in [1.82, 2.24) is 4.90 Å². The number of rotatable bonds is 5. The maximum Gasteiger partial charge on any atom is 0.311 e. The molecule has 110 valence electrons. The molecule has 0 fully saturated rings. The highest BCUT2D eigenvalue weighted by Crippen LogP contribution is 2.25. The summed E-state index contributed by atoms with van der Waals surface area (Å²) in [5.41, 5.74) is 0.620. The molecule has 2 atom stereocenters. The molecule has 0 bridgehead atoms. The van der Waals surface area contributed by atoms with E-state index in [9.17, 15) is 19.2 Å². The Bertz CT molecular complexity index is 575. The molecule has 1 aliphatic rings. The first kappa shape index (κ1) is 14.9. The third kappa shape index (κ3) is 2.56. The standard InChI is InChI=1S/C15H15NO5/c1-9(8-17)12(15(20)21-2)7-16-13(18)10-5-3-4-6-11(10)14(16)19/h3-6,8-9,12H,7H2,1-2H3. The molecule has 6 heteroatoms. The number of methoxy groups -OCH3 is 1. The quantitative estimate of drug-likeness (QED) is 0.457. The summed E-state index contributed by atoms with van der Waals surface area (Å²) in [4.78, 5) is 48.1. The number of hydrogen-bond donors (Lipinski definition) is 0. The molecular weight excluding hydrogens is 274 g/mol. The van der Waals surface area contributed by atoms with E-state index in [0.717, 1.165) is 4.90 Å². The van der Waals surface area contributed by atoms with Gasteiger partial charge in [0, 0.05) is 12.5 Å². The van der Waals surface area contributed by atoms with Crippen LogP contribution in [0, 0.1) is 11.8 Å². The first-order valence-electron chi connectivity index (χ1n) is 6.49. The van der Waals surface area contributed by atoms with E-state index in [1.165, 1.54) is 7.11 Å². The van der Waals surface area contributed by atoms with Gasteiger partial charge in [-0.1, -0.05) is 19.1 Å². The van der Waals surface area contributed by atoms with Gasteiger partial charge in [0.05, 0.1) is 24.2 Å². The number of esters is 1. The van der Waals surface area contributed by atoms with Crippen molar-refractivity contribution in [3.63, 3.8) is 0 Å². The Morgan fingerprint density at radius 3 is 2.19 bits per heavy atom. The van der Waals surface area contributed by atoms with Crippen LogP contribution in [0.25, 0.3) is 0 Å². The highest BCUT2D eigenvalue weighted by molar-refractivity contribution is 6.21. The third-order valence-corrected chi connectivity index (χ3v) is 3.61. The Kier molecular flexibility index (Phi) is 4.16. The number of hydrogen-bond acceptors (Lipinski definition) is 5. The van der Waals surface area contributed by atoms with Crippen LogP contribution in [0.15, 0.2) is 24.3 Å². The Morgan fingerprint density at radius 1 is 1.24 bits per heavy atom. The number of carbonyl (C=O) groups is 4. The van der Waals surface area contributed by atoms with Gasteiger partial charge < -0.3 is 9.53 Å². The first-order valence-corrected chi connectivity index (χ1v) is 6.49. The van der Waals surface area contributed by atoms with Gasteiger partial charge in [-0.25, -0.2) is 0 Å². The molecule has 0 aliphatic carbocycles. The average molecular weight is 289 g/mol. The van der Waals surface area contributed by atoms with Crippen LogP contribution in [0.5, 0.6) is 0 Å². The van der Waals surface area contributed by atoms with Crippen LogP contribution >= 0.6 is 0 Å². The van der Waals surface area contributed by atoms with Crippen LogP contribution in [0.2, 0.25) is 0 Å². The van der Waals surface area contributed by atoms with E-state index in [1.54, 1.807) is 31.2 Å². The highest BCUT2D eigenvalue weighted by atomic mass is 16.5. The smallest absolute Gasteiger partial charge is 0.311 e.